The highest BCUT2D eigenvalue weighted by Gasteiger charge is 2.29. The van der Waals surface area contributed by atoms with Crippen molar-refractivity contribution in [3.8, 4) is 28.8 Å². The van der Waals surface area contributed by atoms with E-state index in [2.05, 4.69) is 12.2 Å². The van der Waals surface area contributed by atoms with Gasteiger partial charge in [0.2, 0.25) is 10.0 Å². The molecule has 1 aliphatic rings. The number of anilines is 1. The van der Waals surface area contributed by atoms with Gasteiger partial charge in [0.25, 0.3) is 5.91 Å². The third-order valence-corrected chi connectivity index (χ3v) is 9.08. The number of carbonyl (C=O) groups is 1. The quantitative estimate of drug-likeness (QED) is 0.190. The van der Waals surface area contributed by atoms with Crippen molar-refractivity contribution in [1.82, 2.24) is 14.1 Å². The molecule has 220 valence electrons. The molecule has 3 aromatic carbocycles. The molecule has 1 fully saturated rings. The van der Waals surface area contributed by atoms with Gasteiger partial charge in [0, 0.05) is 36.1 Å². The molecule has 9 nitrogen and oxygen atoms in total. The van der Waals surface area contributed by atoms with Gasteiger partial charge in [-0.3, -0.25) is 4.79 Å². The Bertz CT molecular complexity index is 1770. The summed E-state index contributed by atoms with van der Waals surface area (Å²) >= 11 is 0. The first-order chi connectivity index (χ1) is 20.8. The van der Waals surface area contributed by atoms with Crippen molar-refractivity contribution in [2.24, 2.45) is 5.92 Å². The van der Waals surface area contributed by atoms with Gasteiger partial charge in [0.1, 0.15) is 23.1 Å². The molecule has 1 atom stereocenters. The Labute approximate surface area is 252 Å². The van der Waals surface area contributed by atoms with Gasteiger partial charge in [0.05, 0.1) is 17.2 Å². The molecule has 0 saturated carbocycles. The maximum Gasteiger partial charge on any atom is 0.266 e. The summed E-state index contributed by atoms with van der Waals surface area (Å²) in [5.74, 6) is 0.386. The predicted octanol–water partition coefficient (Wildman–Crippen LogP) is 5.90. The molecule has 2 heterocycles. The molecule has 10 heteroatoms. The molecule has 0 aliphatic carbocycles. The second-order valence-electron chi connectivity index (χ2n) is 10.4. The van der Waals surface area contributed by atoms with Crippen LogP contribution in [0.1, 0.15) is 32.3 Å². The molecule has 4 aromatic rings. The second-order valence-corrected chi connectivity index (χ2v) is 12.4. The molecular formula is C33H33N5O4S. The van der Waals surface area contributed by atoms with Gasteiger partial charge >= 0.3 is 0 Å². The third kappa shape index (κ3) is 6.85. The first-order valence-corrected chi connectivity index (χ1v) is 15.6. The lowest BCUT2D eigenvalue weighted by molar-refractivity contribution is -0.112. The van der Waals surface area contributed by atoms with E-state index in [1.165, 1.54) is 6.08 Å². The summed E-state index contributed by atoms with van der Waals surface area (Å²) < 4.78 is 35.8. The Morgan fingerprint density at radius 3 is 2.58 bits per heavy atom. The van der Waals surface area contributed by atoms with Crippen LogP contribution in [0.25, 0.3) is 23.0 Å². The second kappa shape index (κ2) is 13.1. The molecule has 0 spiro atoms. The highest BCUT2D eigenvalue weighted by atomic mass is 32.2. The summed E-state index contributed by atoms with van der Waals surface area (Å²) in [6.45, 7) is 5.45. The number of hydrogen-bond acceptors (Lipinski definition) is 6. The lowest BCUT2D eigenvalue weighted by Gasteiger charge is -2.30. The average Bonchev–Trinajstić information content (AvgIpc) is 3.45. The minimum absolute atomic E-state index is 0.131. The van der Waals surface area contributed by atoms with Crippen LogP contribution in [-0.2, 0) is 14.8 Å². The van der Waals surface area contributed by atoms with Gasteiger partial charge in [0.15, 0.2) is 0 Å². The van der Waals surface area contributed by atoms with Gasteiger partial charge < -0.3 is 10.1 Å². The van der Waals surface area contributed by atoms with Crippen LogP contribution in [0, 0.1) is 17.2 Å². The molecule has 1 aromatic heterocycles. The standard InChI is InChI=1S/C33H33N5O4S/c1-3-42-30-16-14-28(15-17-30)35-33(39)26(21-34)19-27-23-38(29-11-5-4-6-12-29)36-32(27)25-10-7-13-31(20-25)43(40,41)37-18-8-9-24(2)22-37/h4-7,10-17,19-20,23-24H,3,8-9,18,22H2,1-2H3,(H,35,39). The van der Waals surface area contributed by atoms with E-state index in [0.29, 0.717) is 53.9 Å². The Morgan fingerprint density at radius 2 is 1.88 bits per heavy atom. The fraction of sp³-hybridized carbons (Fsp3) is 0.242. The minimum atomic E-state index is -3.71. The van der Waals surface area contributed by atoms with Crippen molar-refractivity contribution < 1.29 is 17.9 Å². The van der Waals surface area contributed by atoms with E-state index in [1.807, 2.05) is 43.3 Å². The van der Waals surface area contributed by atoms with Crippen molar-refractivity contribution in [1.29, 1.82) is 5.26 Å². The highest BCUT2D eigenvalue weighted by molar-refractivity contribution is 7.89. The van der Waals surface area contributed by atoms with Gasteiger partial charge in [-0.25, -0.2) is 13.1 Å². The number of ether oxygens (including phenoxy) is 1. The number of para-hydroxylation sites is 1. The van der Waals surface area contributed by atoms with Gasteiger partial charge in [-0.15, -0.1) is 0 Å². The number of nitriles is 1. The fourth-order valence-corrected chi connectivity index (χ4v) is 6.70. The summed E-state index contributed by atoms with van der Waals surface area (Å²) in [7, 11) is -3.71. The van der Waals surface area contributed by atoms with Crippen LogP contribution < -0.4 is 10.1 Å². The monoisotopic (exact) mass is 595 g/mol. The number of piperidine rings is 1. The first-order valence-electron chi connectivity index (χ1n) is 14.2. The van der Waals surface area contributed by atoms with E-state index >= 15 is 0 Å². The topological polar surface area (TPSA) is 117 Å². The maximum absolute atomic E-state index is 13.6. The molecule has 43 heavy (non-hydrogen) atoms. The predicted molar refractivity (Wildman–Crippen MR) is 166 cm³/mol. The van der Waals surface area contributed by atoms with Crippen LogP contribution in [0.15, 0.2) is 95.5 Å². The van der Waals surface area contributed by atoms with E-state index in [1.54, 1.807) is 63.7 Å². The highest BCUT2D eigenvalue weighted by Crippen LogP contribution is 2.30. The normalized spacial score (nSPS) is 15.9. The van der Waals surface area contributed by atoms with Crippen molar-refractivity contribution in [2.45, 2.75) is 31.6 Å². The average molecular weight is 596 g/mol. The zero-order chi connectivity index (χ0) is 30.4. The largest absolute Gasteiger partial charge is 0.494 e. The number of aromatic nitrogens is 2. The molecular weight excluding hydrogens is 562 g/mol. The summed E-state index contributed by atoms with van der Waals surface area (Å²) in [6, 6.07) is 25.0. The summed E-state index contributed by atoms with van der Waals surface area (Å²) in [4.78, 5) is 13.3. The van der Waals surface area contributed by atoms with Crippen LogP contribution in [-0.4, -0.2) is 48.1 Å². The summed E-state index contributed by atoms with van der Waals surface area (Å²) in [6.07, 6.45) is 5.02. The number of nitrogens with zero attached hydrogens (tertiary/aromatic N) is 4. The van der Waals surface area contributed by atoms with Gasteiger partial charge in [-0.1, -0.05) is 37.3 Å². The third-order valence-electron chi connectivity index (χ3n) is 7.22. The van der Waals surface area contributed by atoms with Crippen LogP contribution in [0.5, 0.6) is 5.75 Å². The Balaban J connectivity index is 1.52. The van der Waals surface area contributed by atoms with Gasteiger partial charge in [-0.05, 0) is 80.3 Å². The smallest absolute Gasteiger partial charge is 0.266 e. The van der Waals surface area contributed by atoms with E-state index in [9.17, 15) is 18.5 Å². The SMILES string of the molecule is CCOc1ccc(NC(=O)C(C#N)=Cc2cn(-c3ccccc3)nc2-c2cccc(S(=O)(=O)N3CCCC(C)C3)c2)cc1. The number of amides is 1. The Morgan fingerprint density at radius 1 is 1.12 bits per heavy atom. The molecule has 0 radical (unpaired) electrons. The molecule has 1 amide bonds. The van der Waals surface area contributed by atoms with Crippen LogP contribution in [0.3, 0.4) is 0 Å². The zero-order valence-corrected chi connectivity index (χ0v) is 24.9. The van der Waals surface area contributed by atoms with Crippen molar-refractivity contribution in [3.63, 3.8) is 0 Å². The number of sulfonamides is 1. The van der Waals surface area contributed by atoms with E-state index < -0.39 is 15.9 Å². The lowest BCUT2D eigenvalue weighted by atomic mass is 10.0. The maximum atomic E-state index is 13.6. The van der Waals surface area contributed by atoms with E-state index in [-0.39, 0.29) is 10.5 Å². The number of carbonyl (C=O) groups excluding carboxylic acids is 1. The first kappa shape index (κ1) is 29.8. The number of nitrogens with one attached hydrogen (secondary N) is 1. The Kier molecular flexibility index (Phi) is 9.04. The van der Waals surface area contributed by atoms with Crippen LogP contribution >= 0.6 is 0 Å². The summed E-state index contributed by atoms with van der Waals surface area (Å²) in [5.41, 5.74) is 2.63. The molecule has 1 aliphatic heterocycles. The van der Waals surface area contributed by atoms with Crippen LogP contribution in [0.2, 0.25) is 0 Å². The minimum Gasteiger partial charge on any atom is -0.494 e. The van der Waals surface area contributed by atoms with Crippen molar-refractivity contribution in [2.75, 3.05) is 25.0 Å². The molecule has 1 saturated heterocycles. The van der Waals surface area contributed by atoms with Crippen molar-refractivity contribution >= 4 is 27.7 Å². The lowest BCUT2D eigenvalue weighted by Crippen LogP contribution is -2.39. The molecule has 0 bridgehead atoms. The summed E-state index contributed by atoms with van der Waals surface area (Å²) in [5, 5.41) is 17.5. The zero-order valence-electron chi connectivity index (χ0n) is 24.1. The fourth-order valence-electron chi connectivity index (χ4n) is 5.05. The van der Waals surface area contributed by atoms with E-state index in [4.69, 9.17) is 9.84 Å². The molecule has 1 N–H and O–H groups in total. The number of rotatable bonds is 9. The number of benzene rings is 3. The number of hydrogen-bond donors (Lipinski definition) is 1. The van der Waals surface area contributed by atoms with Gasteiger partial charge in [-0.2, -0.15) is 14.7 Å². The Hall–Kier alpha value is -4.72. The molecule has 1 unspecified atom stereocenters. The van der Waals surface area contributed by atoms with E-state index in [0.717, 1.165) is 18.5 Å². The van der Waals surface area contributed by atoms with Crippen molar-refractivity contribution in [3.05, 3.63) is 96.2 Å². The molecule has 5 rings (SSSR count). The van der Waals surface area contributed by atoms with Crippen LogP contribution in [0.4, 0.5) is 5.69 Å².